The van der Waals surface area contributed by atoms with Crippen molar-refractivity contribution in [3.8, 4) is 5.75 Å². The third kappa shape index (κ3) is 8.73. The Morgan fingerprint density at radius 1 is 0.951 bits per heavy atom. The van der Waals surface area contributed by atoms with Crippen LogP contribution in [0, 0.1) is 0 Å². The summed E-state index contributed by atoms with van der Waals surface area (Å²) in [5, 5.41) is 2.85. The number of carbonyl (C=O) groups excluding carboxylic acids is 2. The lowest BCUT2D eigenvalue weighted by atomic mass is 10.1. The van der Waals surface area contributed by atoms with E-state index in [0.717, 1.165) is 19.2 Å². The first-order valence-electron chi connectivity index (χ1n) is 13.2. The summed E-state index contributed by atoms with van der Waals surface area (Å²) in [6.45, 7) is 7.27. The van der Waals surface area contributed by atoms with E-state index in [1.165, 1.54) is 28.8 Å². The van der Waals surface area contributed by atoms with Crippen LogP contribution in [0.5, 0.6) is 5.75 Å². The van der Waals surface area contributed by atoms with Gasteiger partial charge in [-0.25, -0.2) is 8.42 Å². The molecule has 0 bridgehead atoms. The molecule has 1 atom stereocenters. The molecule has 41 heavy (non-hydrogen) atoms. The van der Waals surface area contributed by atoms with Gasteiger partial charge < -0.3 is 15.0 Å². The number of hydrogen-bond acceptors (Lipinski definition) is 6. The number of hydrogen-bond donors (Lipinski definition) is 1. The van der Waals surface area contributed by atoms with E-state index in [9.17, 15) is 18.0 Å². The minimum atomic E-state index is -4.15. The monoisotopic (exact) mass is 661 g/mol. The maximum atomic E-state index is 14.0. The summed E-state index contributed by atoms with van der Waals surface area (Å²) in [5.74, 6) is -0.258. The highest BCUT2D eigenvalue weighted by Crippen LogP contribution is 2.28. The molecule has 8 nitrogen and oxygen atoms in total. The smallest absolute Gasteiger partial charge is 0.264 e. The highest BCUT2D eigenvalue weighted by Gasteiger charge is 2.32. The van der Waals surface area contributed by atoms with Crippen LogP contribution in [0.4, 0.5) is 5.69 Å². The number of nitrogens with zero attached hydrogens (tertiary/aromatic N) is 2. The van der Waals surface area contributed by atoms with Crippen LogP contribution in [0.15, 0.2) is 87.1 Å². The molecule has 0 aliphatic heterocycles. The zero-order chi connectivity index (χ0) is 30.2. The van der Waals surface area contributed by atoms with Crippen LogP contribution < -0.4 is 14.4 Å². The largest absolute Gasteiger partial charge is 0.494 e. The predicted octanol–water partition coefficient (Wildman–Crippen LogP) is 5.71. The number of nitrogens with one attached hydrogen (secondary N) is 1. The van der Waals surface area contributed by atoms with Crippen molar-refractivity contribution in [2.45, 2.75) is 56.1 Å². The van der Waals surface area contributed by atoms with Gasteiger partial charge in [0.15, 0.2) is 0 Å². The summed E-state index contributed by atoms with van der Waals surface area (Å²) in [4.78, 5) is 29.4. The first-order chi connectivity index (χ1) is 19.5. The molecule has 0 fully saturated rings. The van der Waals surface area contributed by atoms with Crippen molar-refractivity contribution in [3.63, 3.8) is 0 Å². The summed E-state index contributed by atoms with van der Waals surface area (Å²) in [7, 11) is -4.15. The van der Waals surface area contributed by atoms with Crippen LogP contribution in [0.25, 0.3) is 0 Å². The molecule has 220 valence electrons. The number of anilines is 1. The molecule has 0 aliphatic rings. The standard InChI is InChI=1S/C30H36BrN3O5S2/c1-6-39-26-13-11-25(12-14-26)34(41(37,38)28-17-15-27(40-5)16-18-28)20-29(35)33(22(4)30(36)32-21(2)3)19-23-7-9-24(31)10-8-23/h7-18,21-22H,6,19-20H2,1-5H3,(H,32,36)/t22-/m1/s1. The van der Waals surface area contributed by atoms with Crippen molar-refractivity contribution < 1.29 is 22.7 Å². The number of thioether (sulfide) groups is 1. The second-order valence-corrected chi connectivity index (χ2v) is 13.3. The molecule has 0 radical (unpaired) electrons. The number of rotatable bonds is 13. The maximum Gasteiger partial charge on any atom is 0.264 e. The summed E-state index contributed by atoms with van der Waals surface area (Å²) in [6.07, 6.45) is 1.91. The van der Waals surface area contributed by atoms with Gasteiger partial charge in [-0.15, -0.1) is 11.8 Å². The van der Waals surface area contributed by atoms with Crippen molar-refractivity contribution in [2.24, 2.45) is 0 Å². The first-order valence-corrected chi connectivity index (χ1v) is 16.7. The van der Waals surface area contributed by atoms with Gasteiger partial charge in [0.25, 0.3) is 10.0 Å². The van der Waals surface area contributed by atoms with Gasteiger partial charge in [-0.05, 0) is 100 Å². The highest BCUT2D eigenvalue weighted by atomic mass is 79.9. The molecule has 0 aromatic heterocycles. The van der Waals surface area contributed by atoms with E-state index < -0.39 is 28.5 Å². The minimum absolute atomic E-state index is 0.0574. The van der Waals surface area contributed by atoms with Crippen molar-refractivity contribution in [1.82, 2.24) is 10.2 Å². The van der Waals surface area contributed by atoms with Crippen molar-refractivity contribution in [1.29, 1.82) is 0 Å². The Balaban J connectivity index is 2.03. The fraction of sp³-hybridized carbons (Fsp3) is 0.333. The minimum Gasteiger partial charge on any atom is -0.494 e. The van der Waals surface area contributed by atoms with Crippen LogP contribution >= 0.6 is 27.7 Å². The second-order valence-electron chi connectivity index (χ2n) is 9.60. The van der Waals surface area contributed by atoms with Crippen molar-refractivity contribution in [3.05, 3.63) is 82.8 Å². The number of benzene rings is 3. The van der Waals surface area contributed by atoms with E-state index in [1.54, 1.807) is 43.3 Å². The Kier molecular flexibility index (Phi) is 11.7. The van der Waals surface area contributed by atoms with E-state index in [0.29, 0.717) is 18.0 Å². The predicted molar refractivity (Wildman–Crippen MR) is 168 cm³/mol. The van der Waals surface area contributed by atoms with Crippen LogP contribution in [0.3, 0.4) is 0 Å². The zero-order valence-corrected chi connectivity index (χ0v) is 27.1. The van der Waals surface area contributed by atoms with Crippen LogP contribution in [0.2, 0.25) is 0 Å². The van der Waals surface area contributed by atoms with Gasteiger partial charge in [0, 0.05) is 22.0 Å². The van der Waals surface area contributed by atoms with Crippen LogP contribution in [0.1, 0.15) is 33.3 Å². The molecule has 0 aliphatic carbocycles. The fourth-order valence-corrected chi connectivity index (χ4v) is 6.14. The molecule has 2 amide bonds. The average Bonchev–Trinajstić information content (AvgIpc) is 2.95. The number of sulfonamides is 1. The maximum absolute atomic E-state index is 14.0. The summed E-state index contributed by atoms with van der Waals surface area (Å²) >= 11 is 4.92. The van der Waals surface area contributed by atoms with E-state index >= 15 is 0 Å². The normalized spacial score (nSPS) is 12.1. The third-order valence-corrected chi connectivity index (χ3v) is 9.29. The Hall–Kier alpha value is -3.02. The fourth-order valence-electron chi connectivity index (χ4n) is 4.05. The van der Waals surface area contributed by atoms with Gasteiger partial charge in [-0.1, -0.05) is 28.1 Å². The topological polar surface area (TPSA) is 96.0 Å². The molecule has 0 spiro atoms. The SMILES string of the molecule is CCOc1ccc(N(CC(=O)N(Cc2ccc(Br)cc2)[C@H](C)C(=O)NC(C)C)S(=O)(=O)c2ccc(SC)cc2)cc1. The number of amides is 2. The van der Waals surface area contributed by atoms with Gasteiger partial charge in [-0.2, -0.15) is 0 Å². The number of halogens is 1. The van der Waals surface area contributed by atoms with Gasteiger partial charge in [0.05, 0.1) is 17.2 Å². The second kappa shape index (κ2) is 14.7. The third-order valence-electron chi connectivity index (χ3n) is 6.23. The van der Waals surface area contributed by atoms with Gasteiger partial charge in [-0.3, -0.25) is 13.9 Å². The van der Waals surface area contributed by atoms with Crippen LogP contribution in [-0.2, 0) is 26.2 Å². The Morgan fingerprint density at radius 3 is 2.10 bits per heavy atom. The molecular weight excluding hydrogens is 626 g/mol. The molecule has 3 aromatic carbocycles. The molecule has 3 aromatic rings. The lowest BCUT2D eigenvalue weighted by molar-refractivity contribution is -0.139. The van der Waals surface area contributed by atoms with Crippen molar-refractivity contribution in [2.75, 3.05) is 23.7 Å². The van der Waals surface area contributed by atoms with Crippen LogP contribution in [-0.4, -0.2) is 56.6 Å². The van der Waals surface area contributed by atoms with Crippen molar-refractivity contribution >= 4 is 55.2 Å². The summed E-state index contributed by atoms with van der Waals surface area (Å²) in [5.41, 5.74) is 1.10. The molecule has 1 N–H and O–H groups in total. The zero-order valence-electron chi connectivity index (χ0n) is 23.8. The molecule has 0 saturated heterocycles. The quantitative estimate of drug-likeness (QED) is 0.236. The van der Waals surface area contributed by atoms with E-state index in [1.807, 2.05) is 51.3 Å². The Labute approximate surface area is 255 Å². The molecule has 0 unspecified atom stereocenters. The number of carbonyl (C=O) groups is 2. The van der Waals surface area contributed by atoms with Gasteiger partial charge in [0.2, 0.25) is 11.8 Å². The molecule has 0 saturated carbocycles. The lowest BCUT2D eigenvalue weighted by Gasteiger charge is -2.32. The summed E-state index contributed by atoms with van der Waals surface area (Å²) < 4.78 is 35.4. The molecule has 0 heterocycles. The Morgan fingerprint density at radius 2 is 1.56 bits per heavy atom. The van der Waals surface area contributed by atoms with E-state index in [4.69, 9.17) is 4.74 Å². The number of ether oxygens (including phenoxy) is 1. The highest BCUT2D eigenvalue weighted by molar-refractivity contribution is 9.10. The van der Waals surface area contributed by atoms with Gasteiger partial charge in [0.1, 0.15) is 18.3 Å². The molecule has 11 heteroatoms. The first kappa shape index (κ1) is 32.5. The average molecular weight is 663 g/mol. The van der Waals surface area contributed by atoms with E-state index in [-0.39, 0.29) is 23.4 Å². The lowest BCUT2D eigenvalue weighted by Crippen LogP contribution is -2.52. The molecular formula is C30H36BrN3O5S2. The molecule has 3 rings (SSSR count). The summed E-state index contributed by atoms with van der Waals surface area (Å²) in [6, 6.07) is 19.5. The van der Waals surface area contributed by atoms with E-state index in [2.05, 4.69) is 21.2 Å². The van der Waals surface area contributed by atoms with Gasteiger partial charge >= 0.3 is 0 Å². The Bertz CT molecular complexity index is 1410.